The Labute approximate surface area is 247 Å². The molecule has 208 valence electrons. The standard InChI is InChI=1S/C30H19ClN4O6S/c31-26-23-6-2-4-8-25(23)42-27(26)30(38)41-24-7-3-1-5-20(24)17-32-34-29(37)19-9-13-21(14-10-19)33-28(36)18-11-15-22(16-12-18)35(39)40/h1-17H,(H,33,36)(H,34,37)/b32-17-. The number of carbonyl (C=O) groups is 3. The second kappa shape index (κ2) is 12.4. The van der Waals surface area contributed by atoms with Gasteiger partial charge in [-0.2, -0.15) is 5.10 Å². The summed E-state index contributed by atoms with van der Waals surface area (Å²) in [5, 5.41) is 18.5. The number of nitrogens with one attached hydrogen (secondary N) is 2. The maximum Gasteiger partial charge on any atom is 0.355 e. The third-order valence-electron chi connectivity index (χ3n) is 5.96. The number of para-hydroxylation sites is 1. The predicted molar refractivity (Wildman–Crippen MR) is 161 cm³/mol. The Morgan fingerprint density at radius 1 is 0.857 bits per heavy atom. The number of fused-ring (bicyclic) bond motifs is 1. The molecule has 4 aromatic carbocycles. The highest BCUT2D eigenvalue weighted by molar-refractivity contribution is 7.21. The molecule has 10 nitrogen and oxygen atoms in total. The fourth-order valence-electron chi connectivity index (χ4n) is 3.84. The van der Waals surface area contributed by atoms with E-state index in [1.807, 2.05) is 24.3 Å². The van der Waals surface area contributed by atoms with Crippen molar-refractivity contribution in [3.8, 4) is 5.75 Å². The molecule has 0 unspecified atom stereocenters. The molecule has 12 heteroatoms. The Bertz CT molecular complexity index is 1850. The van der Waals surface area contributed by atoms with Crippen molar-refractivity contribution in [2.24, 2.45) is 5.10 Å². The van der Waals surface area contributed by atoms with Crippen LogP contribution in [0, 0.1) is 10.1 Å². The topological polar surface area (TPSA) is 140 Å². The SMILES string of the molecule is O=C(N/N=C\c1ccccc1OC(=O)c1sc2ccccc2c1Cl)c1ccc(NC(=O)c2ccc([N+](=O)[O-])cc2)cc1. The van der Waals surface area contributed by atoms with Crippen LogP contribution in [0.3, 0.4) is 0 Å². The number of hydrazone groups is 1. The van der Waals surface area contributed by atoms with Crippen molar-refractivity contribution in [3.63, 3.8) is 0 Å². The summed E-state index contributed by atoms with van der Waals surface area (Å²) in [6, 6.07) is 25.4. The van der Waals surface area contributed by atoms with Gasteiger partial charge in [0.05, 0.1) is 16.2 Å². The van der Waals surface area contributed by atoms with Crippen molar-refractivity contribution < 1.29 is 24.0 Å². The van der Waals surface area contributed by atoms with Gasteiger partial charge in [-0.25, -0.2) is 10.2 Å². The van der Waals surface area contributed by atoms with Crippen LogP contribution in [0.4, 0.5) is 11.4 Å². The van der Waals surface area contributed by atoms with Crippen LogP contribution >= 0.6 is 22.9 Å². The minimum Gasteiger partial charge on any atom is -0.422 e. The number of amides is 2. The summed E-state index contributed by atoms with van der Waals surface area (Å²) < 4.78 is 6.46. The van der Waals surface area contributed by atoms with Crippen LogP contribution in [-0.2, 0) is 0 Å². The number of carbonyl (C=O) groups excluding carboxylic acids is 3. The molecule has 0 radical (unpaired) electrons. The molecule has 5 aromatic rings. The fourth-order valence-corrected chi connectivity index (χ4v) is 5.22. The Hall–Kier alpha value is -5.39. The van der Waals surface area contributed by atoms with Gasteiger partial charge in [-0.3, -0.25) is 19.7 Å². The molecule has 1 aromatic heterocycles. The van der Waals surface area contributed by atoms with E-state index in [1.165, 1.54) is 66.1 Å². The Kier molecular flexibility index (Phi) is 8.32. The average molecular weight is 599 g/mol. The zero-order chi connectivity index (χ0) is 29.6. The van der Waals surface area contributed by atoms with Gasteiger partial charge in [-0.05, 0) is 54.6 Å². The second-order valence-corrected chi connectivity index (χ2v) is 10.1. The van der Waals surface area contributed by atoms with Crippen LogP contribution in [0.2, 0.25) is 5.02 Å². The number of halogens is 1. The number of anilines is 1. The number of benzene rings is 4. The first-order chi connectivity index (χ1) is 20.3. The smallest absolute Gasteiger partial charge is 0.355 e. The van der Waals surface area contributed by atoms with Crippen molar-refractivity contribution in [1.82, 2.24) is 5.43 Å². The summed E-state index contributed by atoms with van der Waals surface area (Å²) in [5.41, 5.74) is 3.69. The lowest BCUT2D eigenvalue weighted by Gasteiger charge is -2.07. The van der Waals surface area contributed by atoms with Crippen molar-refractivity contribution in [2.45, 2.75) is 0 Å². The molecule has 0 atom stereocenters. The van der Waals surface area contributed by atoms with Crippen LogP contribution in [0.25, 0.3) is 10.1 Å². The van der Waals surface area contributed by atoms with Gasteiger partial charge >= 0.3 is 5.97 Å². The first-order valence-corrected chi connectivity index (χ1v) is 13.5. The number of thiophene rings is 1. The van der Waals surface area contributed by atoms with Crippen LogP contribution in [0.15, 0.2) is 102 Å². The van der Waals surface area contributed by atoms with E-state index in [-0.39, 0.29) is 27.4 Å². The Morgan fingerprint density at radius 3 is 2.21 bits per heavy atom. The van der Waals surface area contributed by atoms with Crippen molar-refractivity contribution in [1.29, 1.82) is 0 Å². The van der Waals surface area contributed by atoms with Gasteiger partial charge in [0.25, 0.3) is 17.5 Å². The number of nitro benzene ring substituents is 1. The minimum absolute atomic E-state index is 0.119. The van der Waals surface area contributed by atoms with Gasteiger partial charge in [0.1, 0.15) is 10.6 Å². The van der Waals surface area contributed by atoms with E-state index in [9.17, 15) is 24.5 Å². The van der Waals surface area contributed by atoms with Gasteiger partial charge in [-0.15, -0.1) is 11.3 Å². The lowest BCUT2D eigenvalue weighted by atomic mass is 10.1. The number of non-ortho nitro benzene ring substituents is 1. The van der Waals surface area contributed by atoms with Crippen molar-refractivity contribution in [3.05, 3.63) is 134 Å². The molecule has 0 bridgehead atoms. The summed E-state index contributed by atoms with van der Waals surface area (Å²) in [5.74, 6) is -1.33. The average Bonchev–Trinajstić information content (AvgIpc) is 3.34. The lowest BCUT2D eigenvalue weighted by molar-refractivity contribution is -0.384. The van der Waals surface area contributed by atoms with Crippen LogP contribution in [0.1, 0.15) is 36.0 Å². The third kappa shape index (κ3) is 6.33. The number of ether oxygens (including phenoxy) is 1. The fraction of sp³-hybridized carbons (Fsp3) is 0. The van der Waals surface area contributed by atoms with E-state index < -0.39 is 22.7 Å². The lowest BCUT2D eigenvalue weighted by Crippen LogP contribution is -2.18. The molecule has 0 saturated heterocycles. The highest BCUT2D eigenvalue weighted by Crippen LogP contribution is 2.36. The van der Waals surface area contributed by atoms with Crippen molar-refractivity contribution in [2.75, 3.05) is 5.32 Å². The van der Waals surface area contributed by atoms with Crippen LogP contribution < -0.4 is 15.5 Å². The van der Waals surface area contributed by atoms with E-state index in [4.69, 9.17) is 16.3 Å². The van der Waals surface area contributed by atoms with E-state index in [1.54, 1.807) is 24.3 Å². The number of hydrogen-bond acceptors (Lipinski definition) is 8. The van der Waals surface area contributed by atoms with Gasteiger partial charge in [-0.1, -0.05) is 41.9 Å². The minimum atomic E-state index is -0.605. The summed E-state index contributed by atoms with van der Waals surface area (Å²) in [7, 11) is 0. The molecule has 5 rings (SSSR count). The number of rotatable bonds is 8. The number of nitrogens with zero attached hydrogens (tertiary/aromatic N) is 2. The molecule has 42 heavy (non-hydrogen) atoms. The second-order valence-electron chi connectivity index (χ2n) is 8.70. The number of nitro groups is 1. The molecule has 0 fully saturated rings. The summed E-state index contributed by atoms with van der Waals surface area (Å²) in [6.07, 6.45) is 1.35. The third-order valence-corrected chi connectivity index (χ3v) is 7.61. The van der Waals surface area contributed by atoms with E-state index in [0.717, 1.165) is 10.1 Å². The molecule has 0 aliphatic heterocycles. The molecule has 2 amide bonds. The number of hydrogen-bond donors (Lipinski definition) is 2. The zero-order valence-corrected chi connectivity index (χ0v) is 23.0. The van der Waals surface area contributed by atoms with E-state index in [0.29, 0.717) is 16.3 Å². The summed E-state index contributed by atoms with van der Waals surface area (Å²) in [4.78, 5) is 48.4. The Morgan fingerprint density at radius 2 is 1.50 bits per heavy atom. The highest BCUT2D eigenvalue weighted by atomic mass is 35.5. The quantitative estimate of drug-likeness (QED) is 0.0669. The van der Waals surface area contributed by atoms with Crippen LogP contribution in [-0.4, -0.2) is 28.9 Å². The summed E-state index contributed by atoms with van der Waals surface area (Å²) in [6.45, 7) is 0. The maximum absolute atomic E-state index is 12.9. The maximum atomic E-state index is 12.9. The molecular weight excluding hydrogens is 580 g/mol. The Balaban J connectivity index is 1.20. The normalized spacial score (nSPS) is 10.9. The first-order valence-electron chi connectivity index (χ1n) is 12.3. The molecule has 0 aliphatic rings. The van der Waals surface area contributed by atoms with Gasteiger partial charge in [0.15, 0.2) is 0 Å². The van der Waals surface area contributed by atoms with Gasteiger partial charge in [0, 0.05) is 44.6 Å². The van der Waals surface area contributed by atoms with E-state index >= 15 is 0 Å². The van der Waals surface area contributed by atoms with Gasteiger partial charge in [0.2, 0.25) is 0 Å². The largest absolute Gasteiger partial charge is 0.422 e. The molecule has 0 spiro atoms. The first kappa shape index (κ1) is 28.1. The monoisotopic (exact) mass is 598 g/mol. The molecular formula is C30H19ClN4O6S. The molecule has 2 N–H and O–H groups in total. The molecule has 0 aliphatic carbocycles. The van der Waals surface area contributed by atoms with Crippen LogP contribution in [0.5, 0.6) is 5.75 Å². The molecule has 1 heterocycles. The summed E-state index contributed by atoms with van der Waals surface area (Å²) >= 11 is 7.64. The molecule has 0 saturated carbocycles. The predicted octanol–water partition coefficient (Wildman–Crippen LogP) is 6.70. The van der Waals surface area contributed by atoms with Crippen molar-refractivity contribution >= 4 is 68.4 Å². The zero-order valence-electron chi connectivity index (χ0n) is 21.4. The van der Waals surface area contributed by atoms with Gasteiger partial charge < -0.3 is 10.1 Å². The number of esters is 1. The van der Waals surface area contributed by atoms with E-state index in [2.05, 4.69) is 15.8 Å². The highest BCUT2D eigenvalue weighted by Gasteiger charge is 2.20.